The molecule has 0 aromatic carbocycles. The van der Waals surface area contributed by atoms with Gasteiger partial charge in [0, 0.05) is 11.8 Å². The van der Waals surface area contributed by atoms with Crippen LogP contribution < -0.4 is 5.73 Å². The lowest BCUT2D eigenvalue weighted by Gasteiger charge is -2.62. The molecule has 1 saturated heterocycles. The van der Waals surface area contributed by atoms with Gasteiger partial charge >= 0.3 is 0 Å². The van der Waals surface area contributed by atoms with Crippen molar-refractivity contribution in [1.29, 1.82) is 0 Å². The Morgan fingerprint density at radius 2 is 1.44 bits per heavy atom. The number of hydrogen-bond donors (Lipinski definition) is 2. The quantitative estimate of drug-likeness (QED) is 0.728. The molecule has 0 amide bonds. The van der Waals surface area contributed by atoms with E-state index in [2.05, 4.69) is 0 Å². The van der Waals surface area contributed by atoms with E-state index in [0.717, 1.165) is 11.8 Å². The lowest BCUT2D eigenvalue weighted by molar-refractivity contribution is -0.371. The molecule has 0 atom stereocenters. The summed E-state index contributed by atoms with van der Waals surface area (Å²) in [5.74, 6) is 2.60. The molecule has 18 heavy (non-hydrogen) atoms. The van der Waals surface area contributed by atoms with Gasteiger partial charge in [0.25, 0.3) is 0 Å². The zero-order chi connectivity index (χ0) is 12.4. The molecule has 4 heteroatoms. The molecule has 5 fully saturated rings. The Bertz CT molecular complexity index is 319. The fourth-order valence-corrected chi connectivity index (χ4v) is 5.00. The van der Waals surface area contributed by atoms with Gasteiger partial charge < -0.3 is 20.3 Å². The molecule has 1 heterocycles. The van der Waals surface area contributed by atoms with Gasteiger partial charge in [0.1, 0.15) is 0 Å². The second-order valence-electron chi connectivity index (χ2n) is 7.12. The van der Waals surface area contributed by atoms with Crippen LogP contribution in [0, 0.1) is 23.7 Å². The predicted molar refractivity (Wildman–Crippen MR) is 65.7 cm³/mol. The van der Waals surface area contributed by atoms with Crippen molar-refractivity contribution >= 4 is 0 Å². The lowest BCUT2D eigenvalue weighted by Crippen LogP contribution is -2.68. The molecule has 3 N–H and O–H groups in total. The minimum atomic E-state index is -0.695. The maximum absolute atomic E-state index is 9.30. The van der Waals surface area contributed by atoms with Crippen LogP contribution in [0.2, 0.25) is 0 Å². The first-order chi connectivity index (χ1) is 8.63. The monoisotopic (exact) mass is 253 g/mol. The van der Waals surface area contributed by atoms with Crippen molar-refractivity contribution in [3.05, 3.63) is 0 Å². The summed E-state index contributed by atoms with van der Waals surface area (Å²) in [6, 6.07) is 0. The average Bonchev–Trinajstić information content (AvgIpc) is 2.37. The van der Waals surface area contributed by atoms with Crippen molar-refractivity contribution in [3.63, 3.8) is 0 Å². The molecule has 5 aliphatic rings. The highest BCUT2D eigenvalue weighted by atomic mass is 16.7. The van der Waals surface area contributed by atoms with Crippen LogP contribution in [-0.2, 0) is 9.47 Å². The summed E-state index contributed by atoms with van der Waals surface area (Å²) >= 11 is 0. The molecular weight excluding hydrogens is 230 g/mol. The third-order valence-electron chi connectivity index (χ3n) is 5.76. The molecule has 1 aliphatic heterocycles. The summed E-state index contributed by atoms with van der Waals surface area (Å²) in [5, 5.41) is 9.30. The molecule has 4 aliphatic carbocycles. The first-order valence-corrected chi connectivity index (χ1v) is 7.31. The smallest absolute Gasteiger partial charge is 0.174 e. The Hall–Kier alpha value is -0.160. The van der Waals surface area contributed by atoms with Crippen molar-refractivity contribution in [2.45, 2.75) is 43.4 Å². The Labute approximate surface area is 108 Å². The van der Waals surface area contributed by atoms with E-state index >= 15 is 0 Å². The minimum absolute atomic E-state index is 0.0658. The van der Waals surface area contributed by atoms with E-state index in [1.165, 1.54) is 32.1 Å². The Kier molecular flexibility index (Phi) is 2.39. The lowest BCUT2D eigenvalue weighted by atomic mass is 9.53. The molecule has 0 aromatic heterocycles. The Balaban J connectivity index is 1.58. The van der Waals surface area contributed by atoms with Crippen molar-refractivity contribution in [3.8, 4) is 0 Å². The van der Waals surface area contributed by atoms with Gasteiger partial charge in [-0.3, -0.25) is 0 Å². The Morgan fingerprint density at radius 3 is 1.89 bits per heavy atom. The highest BCUT2D eigenvalue weighted by Gasteiger charge is 2.61. The van der Waals surface area contributed by atoms with Crippen LogP contribution in [0.5, 0.6) is 0 Å². The van der Waals surface area contributed by atoms with Gasteiger partial charge in [0.05, 0.1) is 25.4 Å². The Morgan fingerprint density at radius 1 is 0.944 bits per heavy atom. The zero-order valence-corrected chi connectivity index (χ0v) is 10.8. The highest BCUT2D eigenvalue weighted by molar-refractivity contribution is 5.06. The van der Waals surface area contributed by atoms with Gasteiger partial charge in [0.2, 0.25) is 0 Å². The maximum Gasteiger partial charge on any atom is 0.174 e. The van der Waals surface area contributed by atoms with E-state index in [1.807, 2.05) is 0 Å². The van der Waals surface area contributed by atoms with Gasteiger partial charge in [-0.1, -0.05) is 0 Å². The molecule has 4 nitrogen and oxygen atoms in total. The van der Waals surface area contributed by atoms with Gasteiger partial charge in [-0.2, -0.15) is 0 Å². The van der Waals surface area contributed by atoms with Gasteiger partial charge in [-0.25, -0.2) is 0 Å². The molecule has 0 unspecified atom stereocenters. The summed E-state index contributed by atoms with van der Waals surface area (Å²) in [6.07, 6.45) is 6.50. The number of hydrogen-bond acceptors (Lipinski definition) is 4. The van der Waals surface area contributed by atoms with E-state index in [0.29, 0.717) is 25.0 Å². The summed E-state index contributed by atoms with van der Waals surface area (Å²) in [7, 11) is 0. The van der Waals surface area contributed by atoms with Crippen LogP contribution in [-0.4, -0.2) is 36.3 Å². The third kappa shape index (κ3) is 1.46. The number of nitrogens with two attached hydrogens (primary N) is 1. The summed E-state index contributed by atoms with van der Waals surface area (Å²) in [4.78, 5) is 0. The van der Waals surface area contributed by atoms with Crippen LogP contribution in [0.25, 0.3) is 0 Å². The summed E-state index contributed by atoms with van der Waals surface area (Å²) in [5.41, 5.74) is 5.34. The average molecular weight is 253 g/mol. The van der Waals surface area contributed by atoms with Crippen molar-refractivity contribution in [1.82, 2.24) is 0 Å². The van der Waals surface area contributed by atoms with Crippen LogP contribution in [0.4, 0.5) is 0 Å². The van der Waals surface area contributed by atoms with Crippen LogP contribution >= 0.6 is 0 Å². The van der Waals surface area contributed by atoms with Gasteiger partial charge in [0.15, 0.2) is 5.79 Å². The first-order valence-electron chi connectivity index (χ1n) is 7.31. The molecule has 0 radical (unpaired) electrons. The molecular formula is C14H23NO3. The maximum atomic E-state index is 9.30. The van der Waals surface area contributed by atoms with Crippen molar-refractivity contribution in [2.24, 2.45) is 29.4 Å². The second-order valence-corrected chi connectivity index (χ2v) is 7.12. The molecule has 0 aromatic rings. The zero-order valence-electron chi connectivity index (χ0n) is 10.8. The van der Waals surface area contributed by atoms with Crippen molar-refractivity contribution < 1.29 is 14.6 Å². The number of aliphatic hydroxyl groups excluding tert-OH is 1. The second kappa shape index (κ2) is 3.69. The summed E-state index contributed by atoms with van der Waals surface area (Å²) < 4.78 is 12.3. The minimum Gasteiger partial charge on any atom is -0.394 e. The van der Waals surface area contributed by atoms with Crippen LogP contribution in [0.15, 0.2) is 0 Å². The number of ether oxygens (including phenoxy) is 2. The fourth-order valence-electron chi connectivity index (χ4n) is 5.00. The highest BCUT2D eigenvalue weighted by Crippen LogP contribution is 2.60. The summed E-state index contributed by atoms with van der Waals surface area (Å²) in [6.45, 7) is 0.807. The normalized spacial score (nSPS) is 58.3. The van der Waals surface area contributed by atoms with Crippen LogP contribution in [0.1, 0.15) is 32.1 Å². The van der Waals surface area contributed by atoms with E-state index in [1.54, 1.807) is 0 Å². The molecule has 4 saturated carbocycles. The topological polar surface area (TPSA) is 64.7 Å². The standard InChI is InChI=1S/C14H23NO3/c15-13(6-16)7-17-14(18-8-13)11-2-9-1-10(4-11)5-12(14)3-9/h9-12,16H,1-8,15H2. The third-order valence-corrected chi connectivity index (χ3v) is 5.76. The first kappa shape index (κ1) is 11.6. The molecule has 4 bridgehead atoms. The van der Waals surface area contributed by atoms with E-state index in [4.69, 9.17) is 15.2 Å². The van der Waals surface area contributed by atoms with Gasteiger partial charge in [-0.15, -0.1) is 0 Å². The molecule has 5 rings (SSSR count). The van der Waals surface area contributed by atoms with E-state index < -0.39 is 5.54 Å². The van der Waals surface area contributed by atoms with Crippen molar-refractivity contribution in [2.75, 3.05) is 19.8 Å². The fraction of sp³-hybridized carbons (Fsp3) is 1.00. The largest absolute Gasteiger partial charge is 0.394 e. The van der Waals surface area contributed by atoms with E-state index in [-0.39, 0.29) is 12.4 Å². The SMILES string of the molecule is NC1(CO)COC2(OC1)C1CC3CC(C1)CC2C3. The van der Waals surface area contributed by atoms with Crippen LogP contribution in [0.3, 0.4) is 0 Å². The molecule has 102 valence electrons. The number of aliphatic hydroxyl groups is 1. The predicted octanol–water partition coefficient (Wildman–Crippen LogP) is 0.875. The van der Waals surface area contributed by atoms with Gasteiger partial charge in [-0.05, 0) is 43.9 Å². The molecule has 1 spiro atoms. The number of rotatable bonds is 1. The van der Waals surface area contributed by atoms with E-state index in [9.17, 15) is 5.11 Å².